The van der Waals surface area contributed by atoms with Gasteiger partial charge in [-0.15, -0.1) is 0 Å². The normalized spacial score (nSPS) is 16.3. The highest BCUT2D eigenvalue weighted by Crippen LogP contribution is 2.28. The maximum Gasteiger partial charge on any atom is 0.287 e. The summed E-state index contributed by atoms with van der Waals surface area (Å²) in [7, 11) is 0. The zero-order valence-electron chi connectivity index (χ0n) is 12.9. The van der Waals surface area contributed by atoms with Crippen LogP contribution in [0.3, 0.4) is 0 Å². The summed E-state index contributed by atoms with van der Waals surface area (Å²) >= 11 is 0. The number of benzene rings is 1. The first-order valence-electron chi connectivity index (χ1n) is 7.72. The molecular weight excluding hydrogens is 310 g/mol. The molecule has 0 spiro atoms. The van der Waals surface area contributed by atoms with Crippen LogP contribution in [0.1, 0.15) is 33.6 Å². The zero-order valence-corrected chi connectivity index (χ0v) is 12.9. The molecule has 7 heteroatoms. The van der Waals surface area contributed by atoms with Gasteiger partial charge in [0.2, 0.25) is 0 Å². The van der Waals surface area contributed by atoms with Crippen molar-refractivity contribution in [1.29, 1.82) is 0 Å². The molecule has 24 heavy (non-hydrogen) atoms. The number of aromatic nitrogens is 1. The minimum Gasteiger partial charge on any atom is -0.288 e. The maximum absolute atomic E-state index is 11.5. The molecule has 0 saturated carbocycles. The number of hydroxylamine groups is 1. The van der Waals surface area contributed by atoms with Crippen LogP contribution in [0.4, 0.5) is 5.69 Å². The van der Waals surface area contributed by atoms with E-state index in [2.05, 4.69) is 4.98 Å². The van der Waals surface area contributed by atoms with Gasteiger partial charge in [-0.1, -0.05) is 6.07 Å². The number of nitrogens with zero attached hydrogens (tertiary/aromatic N) is 2. The molecule has 0 bridgehead atoms. The number of aryl methyl sites for hydroxylation is 1. The van der Waals surface area contributed by atoms with Gasteiger partial charge in [0.25, 0.3) is 11.6 Å². The molecule has 1 heterocycles. The standard InChI is InChI=1S/C17H17N3O4/c21-17(19-22)13-4-3-12-2-1-11(7-14(12)9-13)8-15-5-6-16(10-18-15)20(23)24/h3-6,9-11,22H,1-2,7-8H2,(H,19,21). The van der Waals surface area contributed by atoms with Crippen LogP contribution in [0.5, 0.6) is 0 Å². The molecule has 1 aliphatic carbocycles. The van der Waals surface area contributed by atoms with Crippen LogP contribution in [-0.4, -0.2) is 21.0 Å². The first-order valence-corrected chi connectivity index (χ1v) is 7.72. The van der Waals surface area contributed by atoms with E-state index in [-0.39, 0.29) is 5.69 Å². The molecule has 2 N–H and O–H groups in total. The number of rotatable bonds is 4. The summed E-state index contributed by atoms with van der Waals surface area (Å²) in [5.41, 5.74) is 5.24. The van der Waals surface area contributed by atoms with E-state index in [1.807, 2.05) is 12.1 Å². The number of carbonyl (C=O) groups excluding carboxylic acids is 1. The molecule has 3 rings (SSSR count). The van der Waals surface area contributed by atoms with Gasteiger partial charge in [0.1, 0.15) is 6.20 Å². The van der Waals surface area contributed by atoms with Crippen molar-refractivity contribution in [3.05, 3.63) is 69.0 Å². The van der Waals surface area contributed by atoms with Crippen LogP contribution < -0.4 is 5.48 Å². The zero-order chi connectivity index (χ0) is 17.1. The van der Waals surface area contributed by atoms with Gasteiger partial charge < -0.3 is 0 Å². The molecule has 1 aliphatic rings. The third-order valence-electron chi connectivity index (χ3n) is 4.42. The Kier molecular flexibility index (Phi) is 4.52. The number of nitro groups is 1. The van der Waals surface area contributed by atoms with Crippen molar-refractivity contribution >= 4 is 11.6 Å². The van der Waals surface area contributed by atoms with Crippen molar-refractivity contribution in [3.63, 3.8) is 0 Å². The van der Waals surface area contributed by atoms with E-state index >= 15 is 0 Å². The molecule has 1 amide bonds. The first kappa shape index (κ1) is 16.1. The fraction of sp³-hybridized carbons (Fsp3) is 0.294. The number of fused-ring (bicyclic) bond motifs is 1. The van der Waals surface area contributed by atoms with Crippen LogP contribution in [0.15, 0.2) is 36.5 Å². The summed E-state index contributed by atoms with van der Waals surface area (Å²) in [5, 5.41) is 19.4. The Balaban J connectivity index is 1.72. The number of carbonyl (C=O) groups is 1. The average molecular weight is 327 g/mol. The summed E-state index contributed by atoms with van der Waals surface area (Å²) in [4.78, 5) is 25.9. The third-order valence-corrected chi connectivity index (χ3v) is 4.42. The van der Waals surface area contributed by atoms with Gasteiger partial charge in [-0.05, 0) is 60.9 Å². The van der Waals surface area contributed by atoms with Crippen LogP contribution in [0, 0.1) is 16.0 Å². The molecule has 1 atom stereocenters. The van der Waals surface area contributed by atoms with Crippen molar-refractivity contribution in [1.82, 2.24) is 10.5 Å². The molecule has 2 aromatic rings. The van der Waals surface area contributed by atoms with Gasteiger partial charge in [-0.3, -0.25) is 25.1 Å². The second kappa shape index (κ2) is 6.76. The Morgan fingerprint density at radius 1 is 1.33 bits per heavy atom. The lowest BCUT2D eigenvalue weighted by molar-refractivity contribution is -0.385. The lowest BCUT2D eigenvalue weighted by atomic mass is 9.81. The van der Waals surface area contributed by atoms with Gasteiger partial charge >= 0.3 is 0 Å². The first-order chi connectivity index (χ1) is 11.6. The van der Waals surface area contributed by atoms with E-state index in [9.17, 15) is 14.9 Å². The molecule has 0 radical (unpaired) electrons. The van der Waals surface area contributed by atoms with Gasteiger partial charge in [-0.25, -0.2) is 5.48 Å². The highest BCUT2D eigenvalue weighted by Gasteiger charge is 2.21. The number of hydrogen-bond acceptors (Lipinski definition) is 5. The molecular formula is C17H17N3O4. The van der Waals surface area contributed by atoms with Crippen molar-refractivity contribution in [3.8, 4) is 0 Å². The van der Waals surface area contributed by atoms with E-state index in [1.54, 1.807) is 17.6 Å². The summed E-state index contributed by atoms with van der Waals surface area (Å²) in [6.07, 6.45) is 4.79. The Labute approximate surface area is 138 Å². The number of pyridine rings is 1. The highest BCUT2D eigenvalue weighted by molar-refractivity contribution is 5.93. The largest absolute Gasteiger partial charge is 0.288 e. The Hall–Kier alpha value is -2.80. The van der Waals surface area contributed by atoms with Crippen LogP contribution >= 0.6 is 0 Å². The van der Waals surface area contributed by atoms with Crippen LogP contribution in [-0.2, 0) is 19.3 Å². The molecule has 1 aromatic heterocycles. The fourth-order valence-corrected chi connectivity index (χ4v) is 3.15. The molecule has 0 saturated heterocycles. The molecule has 1 aromatic carbocycles. The van der Waals surface area contributed by atoms with Gasteiger partial charge in [0.05, 0.1) is 4.92 Å². The van der Waals surface area contributed by atoms with Crippen LogP contribution in [0.2, 0.25) is 0 Å². The predicted octanol–water partition coefficient (Wildman–Crippen LogP) is 2.46. The molecule has 124 valence electrons. The minimum absolute atomic E-state index is 0.00704. The lowest BCUT2D eigenvalue weighted by Gasteiger charge is -2.24. The van der Waals surface area contributed by atoms with Crippen molar-refractivity contribution in [2.45, 2.75) is 25.7 Å². The lowest BCUT2D eigenvalue weighted by Crippen LogP contribution is -2.21. The second-order valence-corrected chi connectivity index (χ2v) is 6.00. The molecule has 1 unspecified atom stereocenters. The number of hydrogen-bond donors (Lipinski definition) is 2. The smallest absolute Gasteiger partial charge is 0.287 e. The van der Waals surface area contributed by atoms with Gasteiger partial charge in [0, 0.05) is 17.3 Å². The Morgan fingerprint density at radius 2 is 2.17 bits per heavy atom. The molecule has 0 fully saturated rings. The summed E-state index contributed by atoms with van der Waals surface area (Å²) < 4.78 is 0. The monoisotopic (exact) mass is 327 g/mol. The van der Waals surface area contributed by atoms with E-state index in [0.29, 0.717) is 11.5 Å². The quantitative estimate of drug-likeness (QED) is 0.510. The van der Waals surface area contributed by atoms with Gasteiger partial charge in [0.15, 0.2) is 0 Å². The molecule has 7 nitrogen and oxygen atoms in total. The SMILES string of the molecule is O=C(NO)c1ccc2c(c1)CC(Cc1ccc([N+](=O)[O-])cn1)CC2. The molecule has 0 aliphatic heterocycles. The second-order valence-electron chi connectivity index (χ2n) is 6.00. The topological polar surface area (TPSA) is 105 Å². The predicted molar refractivity (Wildman–Crippen MR) is 85.8 cm³/mol. The summed E-state index contributed by atoms with van der Waals surface area (Å²) in [6, 6.07) is 8.63. The van der Waals surface area contributed by atoms with E-state index in [0.717, 1.165) is 36.9 Å². The van der Waals surface area contributed by atoms with E-state index < -0.39 is 10.8 Å². The van der Waals surface area contributed by atoms with Crippen molar-refractivity contribution in [2.24, 2.45) is 5.92 Å². The van der Waals surface area contributed by atoms with Crippen LogP contribution in [0.25, 0.3) is 0 Å². The van der Waals surface area contributed by atoms with E-state index in [4.69, 9.17) is 5.21 Å². The van der Waals surface area contributed by atoms with E-state index in [1.165, 1.54) is 17.8 Å². The van der Waals surface area contributed by atoms with Gasteiger partial charge in [-0.2, -0.15) is 0 Å². The minimum atomic E-state index is -0.517. The Bertz CT molecular complexity index is 774. The fourth-order valence-electron chi connectivity index (χ4n) is 3.15. The summed E-state index contributed by atoms with van der Waals surface area (Å²) in [6.45, 7) is 0. The average Bonchev–Trinajstić information content (AvgIpc) is 2.61. The highest BCUT2D eigenvalue weighted by atomic mass is 16.6. The Morgan fingerprint density at radius 3 is 2.83 bits per heavy atom. The maximum atomic E-state index is 11.5. The number of amides is 1. The number of nitrogens with one attached hydrogen (secondary N) is 1. The third kappa shape index (κ3) is 3.41. The summed E-state index contributed by atoms with van der Waals surface area (Å²) in [5.74, 6) is -0.143. The van der Waals surface area contributed by atoms with Crippen molar-refractivity contribution in [2.75, 3.05) is 0 Å². The van der Waals surface area contributed by atoms with Crippen molar-refractivity contribution < 1.29 is 14.9 Å².